The molecule has 0 aliphatic heterocycles. The van der Waals surface area contributed by atoms with Gasteiger partial charge in [0.25, 0.3) is 4.21 Å². The maximum Gasteiger partial charge on any atom is 0.449 e. The molecule has 2 heterocycles. The molecular weight excluding hydrogens is 444 g/mol. The molecule has 0 saturated carbocycles. The Bertz CT molecular complexity index is 1050. The summed E-state index contributed by atoms with van der Waals surface area (Å²) in [6.07, 6.45) is 3.86. The molecular formula is C23H30N4O3S2. The van der Waals surface area contributed by atoms with Crippen molar-refractivity contribution in [2.24, 2.45) is 5.92 Å². The molecule has 1 atom stereocenters. The Labute approximate surface area is 196 Å². The van der Waals surface area contributed by atoms with E-state index in [-0.39, 0.29) is 5.41 Å². The second kappa shape index (κ2) is 10.1. The summed E-state index contributed by atoms with van der Waals surface area (Å²) in [4.78, 5) is 20.8. The van der Waals surface area contributed by atoms with Crippen molar-refractivity contribution in [2.75, 3.05) is 7.11 Å². The monoisotopic (exact) mass is 474 g/mol. The van der Waals surface area contributed by atoms with Gasteiger partial charge in [-0.15, -0.1) is 4.72 Å². The van der Waals surface area contributed by atoms with Crippen LogP contribution in [0.2, 0.25) is 0 Å². The number of carbonyl (C=O) groups is 1. The fraction of sp³-hybridized carbons (Fsp3) is 0.435. The molecule has 7 nitrogen and oxygen atoms in total. The van der Waals surface area contributed by atoms with Crippen molar-refractivity contribution in [2.45, 2.75) is 57.2 Å². The number of aromatic nitrogens is 3. The van der Waals surface area contributed by atoms with Gasteiger partial charge in [0.1, 0.15) is 22.9 Å². The van der Waals surface area contributed by atoms with Crippen molar-refractivity contribution in [3.63, 3.8) is 0 Å². The number of methoxy groups -OCH3 is 1. The average molecular weight is 475 g/mol. The molecule has 1 unspecified atom stereocenters. The van der Waals surface area contributed by atoms with Crippen molar-refractivity contribution in [1.29, 1.82) is 0 Å². The number of nitrogens with zero attached hydrogens (tertiary/aromatic N) is 3. The second-order valence-electron chi connectivity index (χ2n) is 9.03. The number of rotatable bonds is 7. The standard InChI is InChI=1S/C23H30N4O3S2/c1-15(2)13-18-25-19(20(31-18)32(29)26-22(28)30-6)17-9-7-16(8-10-17)14-27-12-11-24-21(27)23(3,4)5/h7-12,15H,13-14H2,1-6H3,(H,26,28). The van der Waals surface area contributed by atoms with Gasteiger partial charge in [-0.05, 0) is 11.5 Å². The molecule has 1 aromatic carbocycles. The Morgan fingerprint density at radius 2 is 1.97 bits per heavy atom. The molecule has 172 valence electrons. The predicted molar refractivity (Wildman–Crippen MR) is 128 cm³/mol. The number of benzene rings is 1. The quantitative estimate of drug-likeness (QED) is 0.490. The van der Waals surface area contributed by atoms with Gasteiger partial charge in [-0.3, -0.25) is 0 Å². The first-order valence-electron chi connectivity index (χ1n) is 10.5. The van der Waals surface area contributed by atoms with E-state index in [0.29, 0.717) is 22.4 Å². The van der Waals surface area contributed by atoms with Crippen LogP contribution in [0.1, 0.15) is 51.0 Å². The minimum Gasteiger partial charge on any atom is -0.587 e. The van der Waals surface area contributed by atoms with Crippen LogP contribution < -0.4 is 4.72 Å². The van der Waals surface area contributed by atoms with Gasteiger partial charge in [0.2, 0.25) is 0 Å². The van der Waals surface area contributed by atoms with Crippen LogP contribution in [0, 0.1) is 5.92 Å². The molecule has 0 radical (unpaired) electrons. The van der Waals surface area contributed by atoms with Crippen LogP contribution in [0.4, 0.5) is 4.79 Å². The predicted octanol–water partition coefficient (Wildman–Crippen LogP) is 4.93. The van der Waals surface area contributed by atoms with E-state index in [0.717, 1.165) is 28.4 Å². The number of amides is 1. The van der Waals surface area contributed by atoms with E-state index in [1.807, 2.05) is 36.7 Å². The van der Waals surface area contributed by atoms with Gasteiger partial charge in [-0.25, -0.2) is 14.8 Å². The van der Waals surface area contributed by atoms with Crippen molar-refractivity contribution in [1.82, 2.24) is 19.3 Å². The summed E-state index contributed by atoms with van der Waals surface area (Å²) in [5.74, 6) is 1.45. The van der Waals surface area contributed by atoms with Gasteiger partial charge in [0.05, 0.1) is 12.1 Å². The fourth-order valence-electron chi connectivity index (χ4n) is 3.30. The maximum atomic E-state index is 12.8. The normalized spacial score (nSPS) is 12.8. The lowest BCUT2D eigenvalue weighted by molar-refractivity contribution is 0.177. The third-order valence-electron chi connectivity index (χ3n) is 4.72. The van der Waals surface area contributed by atoms with Crippen LogP contribution in [-0.2, 0) is 34.5 Å². The molecule has 2 aromatic heterocycles. The van der Waals surface area contributed by atoms with E-state index in [9.17, 15) is 9.35 Å². The lowest BCUT2D eigenvalue weighted by Crippen LogP contribution is -2.30. The minimum atomic E-state index is -1.74. The number of hydrogen-bond donors (Lipinski definition) is 1. The van der Waals surface area contributed by atoms with Crippen LogP contribution in [0.25, 0.3) is 11.3 Å². The molecule has 3 rings (SSSR count). The molecule has 0 saturated heterocycles. The summed E-state index contributed by atoms with van der Waals surface area (Å²) >= 11 is -0.383. The Hall–Kier alpha value is -2.36. The first-order chi connectivity index (χ1) is 15.1. The summed E-state index contributed by atoms with van der Waals surface area (Å²) in [6, 6.07) is 8.06. The second-order valence-corrected chi connectivity index (χ2v) is 11.5. The summed E-state index contributed by atoms with van der Waals surface area (Å²) in [5.41, 5.74) is 2.58. The zero-order valence-corrected chi connectivity index (χ0v) is 21.0. The third kappa shape index (κ3) is 5.90. The summed E-state index contributed by atoms with van der Waals surface area (Å²) in [7, 11) is 1.24. The van der Waals surface area contributed by atoms with Crippen LogP contribution in [-0.4, -0.2) is 32.3 Å². The Morgan fingerprint density at radius 1 is 1.28 bits per heavy atom. The summed E-state index contributed by atoms with van der Waals surface area (Å²) < 4.78 is 22.4. The first kappa shape index (κ1) is 24.3. The van der Waals surface area contributed by atoms with E-state index in [1.165, 1.54) is 18.4 Å². The highest BCUT2D eigenvalue weighted by atomic mass is 32.2. The van der Waals surface area contributed by atoms with Crippen molar-refractivity contribution in [3.8, 4) is 11.3 Å². The van der Waals surface area contributed by atoms with Crippen molar-refractivity contribution in [3.05, 3.63) is 53.1 Å². The van der Waals surface area contributed by atoms with Gasteiger partial charge in [0, 0.05) is 36.3 Å². The SMILES string of the molecule is COC(=O)N[S+]([O-])c1sc(CC(C)C)nc1-c1ccc(Cn2ccnc2C(C)(C)C)cc1. The van der Waals surface area contributed by atoms with Gasteiger partial charge >= 0.3 is 6.09 Å². The van der Waals surface area contributed by atoms with Crippen molar-refractivity contribution < 1.29 is 14.1 Å². The van der Waals surface area contributed by atoms with Crippen LogP contribution >= 0.6 is 11.3 Å². The molecule has 0 aliphatic rings. The number of carbonyl (C=O) groups excluding carboxylic acids is 1. The lowest BCUT2D eigenvalue weighted by Gasteiger charge is -2.19. The molecule has 9 heteroatoms. The third-order valence-corrected chi connectivity index (χ3v) is 7.18. The topological polar surface area (TPSA) is 92.1 Å². The molecule has 1 N–H and O–H groups in total. The number of thiazole rings is 1. The fourth-order valence-corrected chi connectivity index (χ4v) is 5.71. The molecule has 3 aromatic rings. The van der Waals surface area contributed by atoms with E-state index < -0.39 is 17.5 Å². The molecule has 1 amide bonds. The number of ether oxygens (including phenoxy) is 1. The lowest BCUT2D eigenvalue weighted by atomic mass is 9.95. The van der Waals surface area contributed by atoms with Crippen molar-refractivity contribution >= 4 is 28.8 Å². The summed E-state index contributed by atoms with van der Waals surface area (Å²) in [5, 5.41) is 0.891. The van der Waals surface area contributed by atoms with E-state index in [1.54, 1.807) is 0 Å². The van der Waals surface area contributed by atoms with Crippen LogP contribution in [0.3, 0.4) is 0 Å². The van der Waals surface area contributed by atoms with Gasteiger partial charge in [-0.2, -0.15) is 0 Å². The highest BCUT2D eigenvalue weighted by Gasteiger charge is 2.27. The number of hydrogen-bond acceptors (Lipinski definition) is 6. The molecule has 0 bridgehead atoms. The van der Waals surface area contributed by atoms with E-state index in [2.05, 4.69) is 53.6 Å². The Morgan fingerprint density at radius 3 is 2.56 bits per heavy atom. The Balaban J connectivity index is 1.88. The average Bonchev–Trinajstić information content (AvgIpc) is 3.35. The van der Waals surface area contributed by atoms with E-state index >= 15 is 0 Å². The number of imidazole rings is 1. The molecule has 32 heavy (non-hydrogen) atoms. The number of nitrogens with one attached hydrogen (secondary N) is 1. The van der Waals surface area contributed by atoms with Crippen LogP contribution in [0.5, 0.6) is 0 Å². The van der Waals surface area contributed by atoms with Gasteiger partial charge in [-0.1, -0.05) is 70.2 Å². The highest BCUT2D eigenvalue weighted by molar-refractivity contribution is 7.92. The largest absolute Gasteiger partial charge is 0.587 e. The van der Waals surface area contributed by atoms with E-state index in [4.69, 9.17) is 4.98 Å². The first-order valence-corrected chi connectivity index (χ1v) is 12.4. The minimum absolute atomic E-state index is 0.0392. The summed E-state index contributed by atoms with van der Waals surface area (Å²) in [6.45, 7) is 11.4. The zero-order valence-electron chi connectivity index (χ0n) is 19.3. The zero-order chi connectivity index (χ0) is 23.5. The molecule has 0 fully saturated rings. The van der Waals surface area contributed by atoms with Gasteiger partial charge < -0.3 is 13.9 Å². The Kier molecular flexibility index (Phi) is 7.63. The van der Waals surface area contributed by atoms with Crippen LogP contribution in [0.15, 0.2) is 40.9 Å². The van der Waals surface area contributed by atoms with Gasteiger partial charge in [0.15, 0.2) is 0 Å². The highest BCUT2D eigenvalue weighted by Crippen LogP contribution is 2.33. The smallest absolute Gasteiger partial charge is 0.449 e. The molecule has 0 spiro atoms. The maximum absolute atomic E-state index is 12.8. The molecule has 0 aliphatic carbocycles.